The third kappa shape index (κ3) is 5.36. The van der Waals surface area contributed by atoms with Gasteiger partial charge in [0.2, 0.25) is 0 Å². The Morgan fingerprint density at radius 2 is 0.696 bits per heavy atom. The van der Waals surface area contributed by atoms with Crippen LogP contribution in [0.4, 0.5) is 0 Å². The van der Waals surface area contributed by atoms with E-state index in [4.69, 9.17) is 15.0 Å². The molecule has 1 heterocycles. The van der Waals surface area contributed by atoms with Crippen molar-refractivity contribution in [3.05, 3.63) is 176 Å². The number of benzene rings is 7. The summed E-state index contributed by atoms with van der Waals surface area (Å²) in [6.07, 6.45) is 0. The minimum absolute atomic E-state index is 0.631. The maximum atomic E-state index is 5.21. The minimum atomic E-state index is 0.631. The molecule has 0 unspecified atom stereocenters. The van der Waals surface area contributed by atoms with Gasteiger partial charge in [0.15, 0.2) is 17.5 Å². The topological polar surface area (TPSA) is 38.7 Å². The van der Waals surface area contributed by atoms with Gasteiger partial charge in [0.1, 0.15) is 0 Å². The third-order valence-electron chi connectivity index (χ3n) is 8.32. The predicted octanol–water partition coefficient (Wildman–Crippen LogP) is 11.0. The van der Waals surface area contributed by atoms with E-state index in [0.717, 1.165) is 50.1 Å². The van der Waals surface area contributed by atoms with Gasteiger partial charge in [-0.15, -0.1) is 0 Å². The van der Waals surface area contributed by atoms with E-state index in [1.165, 1.54) is 10.8 Å². The zero-order chi connectivity index (χ0) is 30.7. The molecule has 0 fully saturated rings. The summed E-state index contributed by atoms with van der Waals surface area (Å²) in [5, 5.41) is 2.39. The molecule has 0 aliphatic rings. The maximum absolute atomic E-state index is 5.21. The fourth-order valence-electron chi connectivity index (χ4n) is 6.07. The molecule has 8 rings (SSSR count). The van der Waals surface area contributed by atoms with Crippen LogP contribution in [0.5, 0.6) is 0 Å². The average Bonchev–Trinajstić information content (AvgIpc) is 3.15. The standard InChI is InChI=1S/C43H29N3/c1-4-15-30(16-5-1)34-27-35(31-17-6-2-7-18-31)29-36(28-34)42-44-41(33-20-8-3-9-21-33)45-43(46-42)40-25-13-12-24-39(40)38-26-14-22-32-19-10-11-23-37(32)38/h1-29H. The second-order valence-corrected chi connectivity index (χ2v) is 11.3. The van der Waals surface area contributed by atoms with Gasteiger partial charge in [-0.05, 0) is 62.4 Å². The van der Waals surface area contributed by atoms with Gasteiger partial charge in [-0.1, -0.05) is 158 Å². The summed E-state index contributed by atoms with van der Waals surface area (Å²) >= 11 is 0. The van der Waals surface area contributed by atoms with Gasteiger partial charge in [-0.25, -0.2) is 15.0 Å². The first kappa shape index (κ1) is 27.4. The lowest BCUT2D eigenvalue weighted by Crippen LogP contribution is -2.01. The van der Waals surface area contributed by atoms with Crippen LogP contribution >= 0.6 is 0 Å². The average molecular weight is 588 g/mol. The van der Waals surface area contributed by atoms with Gasteiger partial charge in [0.05, 0.1) is 0 Å². The molecular weight excluding hydrogens is 558 g/mol. The van der Waals surface area contributed by atoms with Crippen LogP contribution in [0.25, 0.3) is 78.3 Å². The molecule has 0 N–H and O–H groups in total. The number of hydrogen-bond donors (Lipinski definition) is 0. The number of aromatic nitrogens is 3. The summed E-state index contributed by atoms with van der Waals surface area (Å²) in [7, 11) is 0. The van der Waals surface area contributed by atoms with Gasteiger partial charge in [-0.3, -0.25) is 0 Å². The van der Waals surface area contributed by atoms with Crippen molar-refractivity contribution in [3.63, 3.8) is 0 Å². The lowest BCUT2D eigenvalue weighted by molar-refractivity contribution is 1.07. The Balaban J connectivity index is 1.37. The zero-order valence-corrected chi connectivity index (χ0v) is 25.1. The molecule has 0 radical (unpaired) electrons. The van der Waals surface area contributed by atoms with E-state index < -0.39 is 0 Å². The lowest BCUT2D eigenvalue weighted by Gasteiger charge is -2.14. The van der Waals surface area contributed by atoms with Gasteiger partial charge in [0, 0.05) is 16.7 Å². The highest BCUT2D eigenvalue weighted by atomic mass is 15.0. The monoisotopic (exact) mass is 587 g/mol. The van der Waals surface area contributed by atoms with Crippen LogP contribution < -0.4 is 0 Å². The summed E-state index contributed by atoms with van der Waals surface area (Å²) in [5.41, 5.74) is 9.56. The summed E-state index contributed by atoms with van der Waals surface area (Å²) in [6, 6.07) is 61.1. The molecule has 0 atom stereocenters. The molecule has 0 bridgehead atoms. The fourth-order valence-corrected chi connectivity index (χ4v) is 6.07. The minimum Gasteiger partial charge on any atom is -0.208 e. The predicted molar refractivity (Wildman–Crippen MR) is 190 cm³/mol. The molecule has 46 heavy (non-hydrogen) atoms. The van der Waals surface area contributed by atoms with Crippen LogP contribution in [0, 0.1) is 0 Å². The van der Waals surface area contributed by atoms with Gasteiger partial charge >= 0.3 is 0 Å². The van der Waals surface area contributed by atoms with E-state index in [0.29, 0.717) is 17.5 Å². The Hall–Kier alpha value is -6.19. The Kier molecular flexibility index (Phi) is 7.18. The Labute approximate surface area is 268 Å². The van der Waals surface area contributed by atoms with Crippen molar-refractivity contribution in [3.8, 4) is 67.5 Å². The highest BCUT2D eigenvalue weighted by molar-refractivity contribution is 6.00. The quantitative estimate of drug-likeness (QED) is 0.194. The van der Waals surface area contributed by atoms with Gasteiger partial charge < -0.3 is 0 Å². The largest absolute Gasteiger partial charge is 0.208 e. The first-order valence-corrected chi connectivity index (χ1v) is 15.5. The van der Waals surface area contributed by atoms with E-state index in [9.17, 15) is 0 Å². The molecule has 0 amide bonds. The summed E-state index contributed by atoms with van der Waals surface area (Å²) < 4.78 is 0. The normalized spacial score (nSPS) is 11.0. The summed E-state index contributed by atoms with van der Waals surface area (Å²) in [6.45, 7) is 0. The summed E-state index contributed by atoms with van der Waals surface area (Å²) in [4.78, 5) is 15.4. The van der Waals surface area contributed by atoms with Crippen molar-refractivity contribution in [2.75, 3.05) is 0 Å². The van der Waals surface area contributed by atoms with Crippen molar-refractivity contribution in [2.45, 2.75) is 0 Å². The van der Waals surface area contributed by atoms with E-state index in [-0.39, 0.29) is 0 Å². The second-order valence-electron chi connectivity index (χ2n) is 11.3. The molecule has 3 nitrogen and oxygen atoms in total. The van der Waals surface area contributed by atoms with Crippen molar-refractivity contribution >= 4 is 10.8 Å². The van der Waals surface area contributed by atoms with Crippen molar-refractivity contribution < 1.29 is 0 Å². The molecule has 1 aromatic heterocycles. The first-order chi connectivity index (χ1) is 22.8. The number of hydrogen-bond acceptors (Lipinski definition) is 3. The lowest BCUT2D eigenvalue weighted by atomic mass is 9.94. The van der Waals surface area contributed by atoms with E-state index in [2.05, 4.69) is 146 Å². The molecule has 0 aliphatic carbocycles. The Morgan fingerprint density at radius 3 is 1.35 bits per heavy atom. The molecule has 7 aromatic carbocycles. The Bertz CT molecular complexity index is 2230. The van der Waals surface area contributed by atoms with Crippen molar-refractivity contribution in [2.24, 2.45) is 0 Å². The van der Waals surface area contributed by atoms with Gasteiger partial charge in [0.25, 0.3) is 0 Å². The Morgan fingerprint density at radius 1 is 0.261 bits per heavy atom. The number of fused-ring (bicyclic) bond motifs is 1. The van der Waals surface area contributed by atoms with Crippen LogP contribution in [0.1, 0.15) is 0 Å². The van der Waals surface area contributed by atoms with Crippen molar-refractivity contribution in [1.29, 1.82) is 0 Å². The molecule has 3 heteroatoms. The first-order valence-electron chi connectivity index (χ1n) is 15.5. The number of rotatable bonds is 6. The van der Waals surface area contributed by atoms with E-state index in [1.54, 1.807) is 0 Å². The maximum Gasteiger partial charge on any atom is 0.164 e. The van der Waals surface area contributed by atoms with Crippen LogP contribution in [-0.4, -0.2) is 15.0 Å². The third-order valence-corrected chi connectivity index (χ3v) is 8.32. The SMILES string of the molecule is c1ccc(-c2cc(-c3ccccc3)cc(-c3nc(-c4ccccc4)nc(-c4ccccc4-c4cccc5ccccc45)n3)c2)cc1. The van der Waals surface area contributed by atoms with Crippen LogP contribution in [-0.2, 0) is 0 Å². The van der Waals surface area contributed by atoms with Crippen LogP contribution in [0.15, 0.2) is 176 Å². The van der Waals surface area contributed by atoms with Crippen LogP contribution in [0.2, 0.25) is 0 Å². The molecular formula is C43H29N3. The van der Waals surface area contributed by atoms with Crippen molar-refractivity contribution in [1.82, 2.24) is 15.0 Å². The second kappa shape index (κ2) is 12.1. The highest BCUT2D eigenvalue weighted by Crippen LogP contribution is 2.37. The highest BCUT2D eigenvalue weighted by Gasteiger charge is 2.18. The van der Waals surface area contributed by atoms with Gasteiger partial charge in [-0.2, -0.15) is 0 Å². The molecule has 0 aliphatic heterocycles. The molecule has 0 saturated carbocycles. The number of nitrogens with zero attached hydrogens (tertiary/aromatic N) is 3. The van der Waals surface area contributed by atoms with E-state index in [1.807, 2.05) is 30.3 Å². The summed E-state index contributed by atoms with van der Waals surface area (Å²) in [5.74, 6) is 1.91. The fraction of sp³-hybridized carbons (Fsp3) is 0. The smallest absolute Gasteiger partial charge is 0.164 e. The molecule has 0 spiro atoms. The molecule has 8 aromatic rings. The molecule has 0 saturated heterocycles. The zero-order valence-electron chi connectivity index (χ0n) is 25.1. The van der Waals surface area contributed by atoms with Crippen LogP contribution in [0.3, 0.4) is 0 Å². The van der Waals surface area contributed by atoms with E-state index >= 15 is 0 Å². The molecule has 216 valence electrons.